The molecule has 0 aromatic heterocycles. The third-order valence-corrected chi connectivity index (χ3v) is 5.01. The van der Waals surface area contributed by atoms with Crippen molar-refractivity contribution in [1.82, 2.24) is 20.0 Å². The molecular weight excluding hydrogens is 490 g/mol. The van der Waals surface area contributed by atoms with Crippen LogP contribution in [0.4, 0.5) is 13.2 Å². The summed E-state index contributed by atoms with van der Waals surface area (Å²) >= 11 is 0. The van der Waals surface area contributed by atoms with Crippen molar-refractivity contribution >= 4 is 35.8 Å². The molecule has 0 aliphatic carbocycles. The van der Waals surface area contributed by atoms with Crippen LogP contribution in [0.15, 0.2) is 4.99 Å². The standard InChI is InChI=1S/C17H30F3N5O2.HI/c1-13(17(18,19)20)24-6-8-25(9-7-24)16(22-12-15(26)23(2)3)21-11-14-5-4-10-27-14;/h13-14H,4-12H2,1-3H3,(H,21,22);1H. The number of piperazine rings is 1. The molecular formula is C17H31F3IN5O2. The molecule has 2 aliphatic rings. The number of halogens is 4. The molecule has 0 bridgehead atoms. The summed E-state index contributed by atoms with van der Waals surface area (Å²) in [4.78, 5) is 21.1. The molecule has 0 spiro atoms. The van der Waals surface area contributed by atoms with Crippen LogP contribution in [0, 0.1) is 0 Å². The average Bonchev–Trinajstić information content (AvgIpc) is 3.13. The van der Waals surface area contributed by atoms with Gasteiger partial charge in [-0.3, -0.25) is 9.69 Å². The molecule has 1 N–H and O–H groups in total. The number of aliphatic imine (C=N–C) groups is 1. The number of nitrogens with one attached hydrogen (secondary N) is 1. The van der Waals surface area contributed by atoms with Crippen LogP contribution in [0.5, 0.6) is 0 Å². The van der Waals surface area contributed by atoms with Gasteiger partial charge in [0, 0.05) is 53.4 Å². The number of rotatable bonds is 5. The minimum Gasteiger partial charge on any atom is -0.376 e. The highest BCUT2D eigenvalue weighted by Gasteiger charge is 2.41. The third kappa shape index (κ3) is 7.54. The first kappa shape index (κ1) is 25.2. The van der Waals surface area contributed by atoms with E-state index in [1.54, 1.807) is 14.1 Å². The third-order valence-electron chi connectivity index (χ3n) is 5.01. The van der Waals surface area contributed by atoms with Crippen molar-refractivity contribution < 1.29 is 22.7 Å². The number of hydrogen-bond acceptors (Lipinski definition) is 4. The van der Waals surface area contributed by atoms with Gasteiger partial charge in [0.1, 0.15) is 12.6 Å². The fraction of sp³-hybridized carbons (Fsp3) is 0.882. The summed E-state index contributed by atoms with van der Waals surface area (Å²) in [6.45, 7) is 3.95. The lowest BCUT2D eigenvalue weighted by Gasteiger charge is -2.39. The van der Waals surface area contributed by atoms with E-state index in [9.17, 15) is 18.0 Å². The first-order chi connectivity index (χ1) is 12.7. The second-order valence-corrected chi connectivity index (χ2v) is 7.18. The molecule has 2 fully saturated rings. The van der Waals surface area contributed by atoms with Crippen molar-refractivity contribution in [3.63, 3.8) is 0 Å². The van der Waals surface area contributed by atoms with Crippen molar-refractivity contribution in [2.75, 3.05) is 60.0 Å². The first-order valence-corrected chi connectivity index (χ1v) is 9.34. The normalized spacial score (nSPS) is 22.6. The van der Waals surface area contributed by atoms with E-state index < -0.39 is 12.2 Å². The molecule has 0 radical (unpaired) electrons. The lowest BCUT2D eigenvalue weighted by molar-refractivity contribution is -0.181. The smallest absolute Gasteiger partial charge is 0.376 e. The van der Waals surface area contributed by atoms with Crippen LogP contribution < -0.4 is 5.32 Å². The van der Waals surface area contributed by atoms with Crippen LogP contribution >= 0.6 is 24.0 Å². The van der Waals surface area contributed by atoms with Crippen LogP contribution in [0.25, 0.3) is 0 Å². The maximum absolute atomic E-state index is 12.9. The fourth-order valence-corrected chi connectivity index (χ4v) is 3.09. The first-order valence-electron chi connectivity index (χ1n) is 9.34. The van der Waals surface area contributed by atoms with Crippen molar-refractivity contribution in [1.29, 1.82) is 0 Å². The zero-order chi connectivity index (χ0) is 20.0. The molecule has 2 saturated heterocycles. The van der Waals surface area contributed by atoms with Crippen LogP contribution in [0.1, 0.15) is 19.8 Å². The molecule has 28 heavy (non-hydrogen) atoms. The van der Waals surface area contributed by atoms with Gasteiger partial charge in [-0.05, 0) is 19.8 Å². The topological polar surface area (TPSA) is 60.4 Å². The van der Waals surface area contributed by atoms with Crippen LogP contribution in [0.2, 0.25) is 0 Å². The van der Waals surface area contributed by atoms with Gasteiger partial charge in [-0.15, -0.1) is 24.0 Å². The maximum atomic E-state index is 12.9. The predicted molar refractivity (Wildman–Crippen MR) is 112 cm³/mol. The highest BCUT2D eigenvalue weighted by molar-refractivity contribution is 14.0. The summed E-state index contributed by atoms with van der Waals surface area (Å²) in [6.07, 6.45) is -2.14. The van der Waals surface area contributed by atoms with Crippen molar-refractivity contribution in [3.05, 3.63) is 0 Å². The zero-order valence-electron chi connectivity index (χ0n) is 16.7. The van der Waals surface area contributed by atoms with E-state index in [1.807, 2.05) is 4.90 Å². The lowest BCUT2D eigenvalue weighted by Crippen LogP contribution is -2.57. The van der Waals surface area contributed by atoms with Gasteiger partial charge in [0.15, 0.2) is 5.96 Å². The fourth-order valence-electron chi connectivity index (χ4n) is 3.09. The van der Waals surface area contributed by atoms with Crippen LogP contribution in [0.3, 0.4) is 0 Å². The van der Waals surface area contributed by atoms with E-state index in [-0.39, 0.29) is 42.5 Å². The van der Waals surface area contributed by atoms with Gasteiger partial charge in [-0.2, -0.15) is 13.2 Å². The van der Waals surface area contributed by atoms with E-state index in [2.05, 4.69) is 10.3 Å². The summed E-state index contributed by atoms with van der Waals surface area (Å²) in [5, 5.41) is 3.24. The van der Waals surface area contributed by atoms with Crippen molar-refractivity contribution in [3.8, 4) is 0 Å². The Labute approximate surface area is 181 Å². The van der Waals surface area contributed by atoms with E-state index in [0.29, 0.717) is 38.7 Å². The number of amides is 1. The van der Waals surface area contributed by atoms with Gasteiger partial charge in [-0.25, -0.2) is 4.99 Å². The zero-order valence-corrected chi connectivity index (χ0v) is 19.0. The van der Waals surface area contributed by atoms with Gasteiger partial charge in [0.25, 0.3) is 0 Å². The summed E-state index contributed by atoms with van der Waals surface area (Å²) < 4.78 is 44.4. The molecule has 0 aromatic rings. The summed E-state index contributed by atoms with van der Waals surface area (Å²) in [6, 6.07) is -1.46. The highest BCUT2D eigenvalue weighted by Crippen LogP contribution is 2.25. The van der Waals surface area contributed by atoms with Gasteiger partial charge in [0.2, 0.25) is 5.91 Å². The van der Waals surface area contributed by atoms with Crippen molar-refractivity contribution in [2.24, 2.45) is 4.99 Å². The van der Waals surface area contributed by atoms with Crippen molar-refractivity contribution in [2.45, 2.75) is 38.1 Å². The SMILES string of the molecule is CC(N1CCN(C(=NCC(=O)N(C)C)NCC2CCCO2)CC1)C(F)(F)F.I. The van der Waals surface area contributed by atoms with E-state index >= 15 is 0 Å². The Hall–Kier alpha value is -0.820. The van der Waals surface area contributed by atoms with E-state index in [4.69, 9.17) is 4.74 Å². The molecule has 2 atom stereocenters. The largest absolute Gasteiger partial charge is 0.403 e. The number of alkyl halides is 3. The Bertz CT molecular complexity index is 519. The van der Waals surface area contributed by atoms with E-state index in [1.165, 1.54) is 16.7 Å². The van der Waals surface area contributed by atoms with Crippen LogP contribution in [-0.2, 0) is 9.53 Å². The molecule has 0 saturated carbocycles. The predicted octanol–water partition coefficient (Wildman–Crippen LogP) is 1.39. The monoisotopic (exact) mass is 521 g/mol. The molecule has 7 nitrogen and oxygen atoms in total. The Morgan fingerprint density at radius 2 is 1.93 bits per heavy atom. The quantitative estimate of drug-likeness (QED) is 0.337. The van der Waals surface area contributed by atoms with Gasteiger partial charge >= 0.3 is 6.18 Å². The Morgan fingerprint density at radius 1 is 1.29 bits per heavy atom. The van der Waals surface area contributed by atoms with E-state index in [0.717, 1.165) is 19.4 Å². The Kier molecular flexibility index (Phi) is 10.3. The second-order valence-electron chi connectivity index (χ2n) is 7.18. The molecule has 2 aliphatic heterocycles. The molecule has 2 rings (SSSR count). The number of guanidine groups is 1. The number of hydrogen-bond donors (Lipinski definition) is 1. The summed E-state index contributed by atoms with van der Waals surface area (Å²) in [5.41, 5.74) is 0. The average molecular weight is 521 g/mol. The number of nitrogens with zero attached hydrogens (tertiary/aromatic N) is 4. The summed E-state index contributed by atoms with van der Waals surface area (Å²) in [5.74, 6) is 0.427. The lowest BCUT2D eigenvalue weighted by atomic mass is 10.2. The molecule has 1 amide bonds. The number of ether oxygens (including phenoxy) is 1. The molecule has 164 valence electrons. The number of carbonyl (C=O) groups excluding carboxylic acids is 1. The van der Waals surface area contributed by atoms with Crippen LogP contribution in [-0.4, -0.2) is 105 Å². The molecule has 2 unspecified atom stereocenters. The molecule has 2 heterocycles. The number of carbonyl (C=O) groups is 1. The maximum Gasteiger partial charge on any atom is 0.403 e. The highest BCUT2D eigenvalue weighted by atomic mass is 127. The van der Waals surface area contributed by atoms with Gasteiger partial charge in [-0.1, -0.05) is 0 Å². The summed E-state index contributed by atoms with van der Waals surface area (Å²) in [7, 11) is 3.32. The molecule has 11 heteroatoms. The molecule has 0 aromatic carbocycles. The van der Waals surface area contributed by atoms with Gasteiger partial charge in [0.05, 0.1) is 6.10 Å². The Morgan fingerprint density at radius 3 is 2.43 bits per heavy atom. The second kappa shape index (κ2) is 11.4. The number of likely N-dealkylation sites (N-methyl/N-ethyl adjacent to an activating group) is 1. The Balaban J connectivity index is 0.00000392. The van der Waals surface area contributed by atoms with Gasteiger partial charge < -0.3 is 19.9 Å². The minimum atomic E-state index is -4.23. The minimum absolute atomic E-state index is 0.